The Balaban J connectivity index is 2.81. The van der Waals surface area contributed by atoms with Crippen LogP contribution in [-0.2, 0) is 11.8 Å². The Kier molecular flexibility index (Phi) is 3.02. The van der Waals surface area contributed by atoms with E-state index in [1.807, 2.05) is 27.8 Å². The number of imidazole rings is 1. The van der Waals surface area contributed by atoms with Crippen molar-refractivity contribution in [3.8, 4) is 0 Å². The molecule has 3 N–H and O–H groups in total. The fourth-order valence-corrected chi connectivity index (χ4v) is 2.65. The number of carbonyl (C=O) groups excluding carboxylic acids is 1. The summed E-state index contributed by atoms with van der Waals surface area (Å²) in [6.07, 6.45) is 0. The molecule has 1 atom stereocenters. The van der Waals surface area contributed by atoms with Crippen molar-refractivity contribution in [3.05, 3.63) is 10.5 Å². The Morgan fingerprint density at radius 2 is 2.11 bits per heavy atom. The third-order valence-corrected chi connectivity index (χ3v) is 3.37. The normalized spacial score (nSPS) is 13.4. The molecule has 0 aliphatic heterocycles. The second-order valence-electron chi connectivity index (χ2n) is 4.80. The van der Waals surface area contributed by atoms with Gasteiger partial charge < -0.3 is 10.7 Å². The summed E-state index contributed by atoms with van der Waals surface area (Å²) in [5.74, 6) is -0.329. The van der Waals surface area contributed by atoms with Crippen LogP contribution >= 0.6 is 12.2 Å². The van der Waals surface area contributed by atoms with Crippen molar-refractivity contribution in [1.29, 1.82) is 0 Å². The lowest BCUT2D eigenvalue weighted by Gasteiger charge is -2.19. The van der Waals surface area contributed by atoms with Crippen molar-refractivity contribution >= 4 is 29.3 Å². The number of aromatic nitrogens is 4. The molecule has 0 spiro atoms. The minimum atomic E-state index is -0.471. The summed E-state index contributed by atoms with van der Waals surface area (Å²) >= 11 is 5.30. The molecule has 6 nitrogen and oxygen atoms in total. The number of aromatic amines is 1. The highest BCUT2D eigenvalue weighted by atomic mass is 32.1. The molecule has 0 aliphatic rings. The monoisotopic (exact) mass is 267 g/mol. The maximum absolute atomic E-state index is 11.7. The van der Waals surface area contributed by atoms with E-state index in [-0.39, 0.29) is 11.8 Å². The minimum absolute atomic E-state index is 0.0587. The predicted octanol–water partition coefficient (Wildman–Crippen LogP) is 1.42. The van der Waals surface area contributed by atoms with E-state index in [9.17, 15) is 4.79 Å². The molecule has 2 rings (SSSR count). The number of hydrogen-bond donors (Lipinski definition) is 2. The second-order valence-corrected chi connectivity index (χ2v) is 5.19. The number of nitrogens with one attached hydrogen (secondary N) is 1. The topological polar surface area (TPSA) is 81.6 Å². The molecule has 2 aromatic rings. The van der Waals surface area contributed by atoms with Crippen LogP contribution in [0.25, 0.3) is 11.2 Å². The number of aryl methyl sites for hydroxylation is 2. The smallest absolute Gasteiger partial charge is 0.240 e. The predicted molar refractivity (Wildman–Crippen MR) is 71.7 cm³/mol. The van der Waals surface area contributed by atoms with Crippen LogP contribution in [0.3, 0.4) is 0 Å². The zero-order chi connectivity index (χ0) is 13.6. The third-order valence-electron chi connectivity index (χ3n) is 3.07. The Hall–Kier alpha value is -1.63. The zero-order valence-electron chi connectivity index (χ0n) is 10.9. The van der Waals surface area contributed by atoms with Gasteiger partial charge in [0.2, 0.25) is 5.91 Å². The fraction of sp³-hybridized carbons (Fsp3) is 0.545. The molecule has 98 valence electrons. The van der Waals surface area contributed by atoms with Crippen LogP contribution < -0.4 is 5.73 Å². The number of fused-ring (bicyclic) bond motifs is 1. The minimum Gasteiger partial charge on any atom is -0.368 e. The van der Waals surface area contributed by atoms with Gasteiger partial charge in [0.15, 0.2) is 10.4 Å². The average Bonchev–Trinajstić information content (AvgIpc) is 2.68. The standard InChI is InChI=1S/C11H17N5OS/c1-5(2)8(9(12)17)16-10-7(13-11(16)18)6(3)14-15(10)4/h5,8H,1-4H3,(H2,12,17)(H,13,18). The van der Waals surface area contributed by atoms with Gasteiger partial charge in [-0.05, 0) is 25.1 Å². The van der Waals surface area contributed by atoms with E-state index < -0.39 is 6.04 Å². The first-order chi connectivity index (χ1) is 8.34. The van der Waals surface area contributed by atoms with Gasteiger partial charge in [0.05, 0.1) is 5.69 Å². The molecule has 1 unspecified atom stereocenters. The lowest BCUT2D eigenvalue weighted by molar-refractivity contribution is -0.122. The Morgan fingerprint density at radius 3 is 2.61 bits per heavy atom. The van der Waals surface area contributed by atoms with Gasteiger partial charge in [-0.25, -0.2) is 0 Å². The van der Waals surface area contributed by atoms with E-state index >= 15 is 0 Å². The first-order valence-electron chi connectivity index (χ1n) is 5.77. The number of nitrogens with two attached hydrogens (primary N) is 1. The first-order valence-corrected chi connectivity index (χ1v) is 6.18. The Morgan fingerprint density at radius 1 is 1.50 bits per heavy atom. The molecule has 7 heteroatoms. The first kappa shape index (κ1) is 12.8. The number of rotatable bonds is 3. The third kappa shape index (κ3) is 1.74. The highest BCUT2D eigenvalue weighted by molar-refractivity contribution is 7.71. The van der Waals surface area contributed by atoms with Crippen LogP contribution in [0.5, 0.6) is 0 Å². The van der Waals surface area contributed by atoms with Gasteiger partial charge in [-0.15, -0.1) is 0 Å². The molecular formula is C11H17N5OS. The molecule has 2 heterocycles. The molecule has 0 aliphatic carbocycles. The summed E-state index contributed by atoms with van der Waals surface area (Å²) in [4.78, 5) is 14.8. The van der Waals surface area contributed by atoms with E-state index in [0.29, 0.717) is 4.77 Å². The highest BCUT2D eigenvalue weighted by Gasteiger charge is 2.26. The maximum Gasteiger partial charge on any atom is 0.240 e. The van der Waals surface area contributed by atoms with Crippen LogP contribution in [0.4, 0.5) is 0 Å². The van der Waals surface area contributed by atoms with Crippen molar-refractivity contribution in [2.24, 2.45) is 18.7 Å². The van der Waals surface area contributed by atoms with E-state index in [2.05, 4.69) is 10.1 Å². The lowest BCUT2D eigenvalue weighted by Crippen LogP contribution is -2.31. The Labute approximate surface area is 110 Å². The van der Waals surface area contributed by atoms with Crippen molar-refractivity contribution in [2.45, 2.75) is 26.8 Å². The van der Waals surface area contributed by atoms with Crippen LogP contribution in [0.2, 0.25) is 0 Å². The van der Waals surface area contributed by atoms with Gasteiger partial charge in [-0.1, -0.05) is 13.8 Å². The summed E-state index contributed by atoms with van der Waals surface area (Å²) in [7, 11) is 1.83. The summed E-state index contributed by atoms with van der Waals surface area (Å²) in [6, 6.07) is -0.471. The molecule has 18 heavy (non-hydrogen) atoms. The number of amides is 1. The number of H-pyrrole nitrogens is 1. The maximum atomic E-state index is 11.7. The molecule has 1 amide bonds. The van der Waals surface area contributed by atoms with Gasteiger partial charge in [0, 0.05) is 7.05 Å². The molecule has 0 saturated heterocycles. The van der Waals surface area contributed by atoms with Gasteiger partial charge in [0.1, 0.15) is 11.6 Å². The molecule has 2 aromatic heterocycles. The van der Waals surface area contributed by atoms with E-state index in [1.165, 1.54) is 0 Å². The van der Waals surface area contributed by atoms with Gasteiger partial charge in [-0.3, -0.25) is 14.0 Å². The SMILES string of the molecule is Cc1nn(C)c2c1[nH]c(=S)n2C(C(N)=O)C(C)C. The molecular weight excluding hydrogens is 250 g/mol. The van der Waals surface area contributed by atoms with Crippen molar-refractivity contribution in [1.82, 2.24) is 19.3 Å². The highest BCUT2D eigenvalue weighted by Crippen LogP contribution is 2.25. The number of carbonyl (C=O) groups is 1. The summed E-state index contributed by atoms with van der Waals surface area (Å²) in [6.45, 7) is 5.78. The van der Waals surface area contributed by atoms with Crippen LogP contribution in [-0.4, -0.2) is 25.2 Å². The fourth-order valence-electron chi connectivity index (χ4n) is 2.34. The molecule has 0 fully saturated rings. The van der Waals surface area contributed by atoms with Crippen molar-refractivity contribution < 1.29 is 4.79 Å². The van der Waals surface area contributed by atoms with E-state index in [4.69, 9.17) is 18.0 Å². The summed E-state index contributed by atoms with van der Waals surface area (Å²) in [5.41, 5.74) is 8.00. The second kappa shape index (κ2) is 4.24. The molecule has 0 saturated carbocycles. The van der Waals surface area contributed by atoms with Crippen LogP contribution in [0.1, 0.15) is 25.6 Å². The summed E-state index contributed by atoms with van der Waals surface area (Å²) < 4.78 is 3.98. The van der Waals surface area contributed by atoms with Crippen LogP contribution in [0.15, 0.2) is 0 Å². The Bertz CT molecular complexity index is 663. The van der Waals surface area contributed by atoms with Crippen molar-refractivity contribution in [2.75, 3.05) is 0 Å². The quantitative estimate of drug-likeness (QED) is 0.825. The molecule has 0 radical (unpaired) electrons. The molecule has 0 aromatic carbocycles. The zero-order valence-corrected chi connectivity index (χ0v) is 11.7. The summed E-state index contributed by atoms with van der Waals surface area (Å²) in [5, 5.41) is 4.32. The lowest BCUT2D eigenvalue weighted by atomic mass is 10.0. The largest absolute Gasteiger partial charge is 0.368 e. The number of nitrogens with zero attached hydrogens (tertiary/aromatic N) is 3. The van der Waals surface area contributed by atoms with Gasteiger partial charge in [0.25, 0.3) is 0 Å². The van der Waals surface area contributed by atoms with E-state index in [1.54, 1.807) is 9.25 Å². The number of hydrogen-bond acceptors (Lipinski definition) is 3. The molecule has 0 bridgehead atoms. The van der Waals surface area contributed by atoms with Gasteiger partial charge in [-0.2, -0.15) is 5.10 Å². The van der Waals surface area contributed by atoms with Crippen LogP contribution in [0, 0.1) is 17.6 Å². The van der Waals surface area contributed by atoms with Crippen molar-refractivity contribution in [3.63, 3.8) is 0 Å². The van der Waals surface area contributed by atoms with Gasteiger partial charge >= 0.3 is 0 Å². The van der Waals surface area contributed by atoms with E-state index in [0.717, 1.165) is 16.9 Å². The number of primary amides is 1. The average molecular weight is 267 g/mol.